The Kier molecular flexibility index (Phi) is 4.70. The van der Waals surface area contributed by atoms with E-state index in [9.17, 15) is 9.59 Å². The average molecular weight is 283 g/mol. The van der Waals surface area contributed by atoms with Crippen molar-refractivity contribution >= 4 is 11.8 Å². The molecule has 0 saturated carbocycles. The molecular formula is C12H17N3O5. The molecule has 2 rings (SSSR count). The first-order valence-electron chi connectivity index (χ1n) is 6.27. The monoisotopic (exact) mass is 283 g/mol. The number of nitrogens with two attached hydrogens (primary N) is 1. The Hall–Kier alpha value is -1.93. The van der Waals surface area contributed by atoms with E-state index in [0.717, 1.165) is 0 Å². The molecule has 0 aromatic carbocycles. The number of morpholine rings is 1. The van der Waals surface area contributed by atoms with Crippen LogP contribution in [0.4, 0.5) is 0 Å². The Bertz CT molecular complexity index is 493. The van der Waals surface area contributed by atoms with Crippen molar-refractivity contribution in [3.63, 3.8) is 0 Å². The quantitative estimate of drug-likeness (QED) is 0.777. The highest BCUT2D eigenvalue weighted by Gasteiger charge is 2.18. The Labute approximate surface area is 115 Å². The number of hydrogen-bond donors (Lipinski definition) is 1. The Balaban J connectivity index is 1.79. The first-order chi connectivity index (χ1) is 9.58. The first kappa shape index (κ1) is 14.5. The molecule has 8 nitrogen and oxygen atoms in total. The highest BCUT2D eigenvalue weighted by molar-refractivity contribution is 5.90. The maximum Gasteiger partial charge on any atom is 0.286 e. The van der Waals surface area contributed by atoms with Gasteiger partial charge in [0.15, 0.2) is 0 Å². The van der Waals surface area contributed by atoms with E-state index in [4.69, 9.17) is 19.6 Å². The molecule has 20 heavy (non-hydrogen) atoms. The lowest BCUT2D eigenvalue weighted by atomic mass is 10.4. The van der Waals surface area contributed by atoms with Crippen LogP contribution in [0.25, 0.3) is 0 Å². The van der Waals surface area contributed by atoms with Crippen LogP contribution in [-0.4, -0.2) is 54.6 Å². The summed E-state index contributed by atoms with van der Waals surface area (Å²) in [6.45, 7) is 3.82. The van der Waals surface area contributed by atoms with Gasteiger partial charge in [0, 0.05) is 13.1 Å². The normalized spacial score (nSPS) is 15.3. The topological polar surface area (TPSA) is 108 Å². The molecule has 2 heterocycles. The van der Waals surface area contributed by atoms with Gasteiger partial charge in [-0.05, 0) is 6.92 Å². The predicted octanol–water partition coefficient (Wildman–Crippen LogP) is -0.543. The van der Waals surface area contributed by atoms with Crippen LogP contribution >= 0.6 is 0 Å². The molecule has 1 aliphatic rings. The first-order valence-corrected chi connectivity index (χ1v) is 6.27. The minimum absolute atomic E-state index is 0.0168. The molecule has 2 N–H and O–H groups in total. The Morgan fingerprint density at radius 1 is 1.40 bits per heavy atom. The number of ether oxygens (including phenoxy) is 2. The number of amides is 2. The fourth-order valence-electron chi connectivity index (χ4n) is 1.87. The van der Waals surface area contributed by atoms with Crippen molar-refractivity contribution < 1.29 is 23.5 Å². The second-order valence-corrected chi connectivity index (χ2v) is 4.37. The van der Waals surface area contributed by atoms with E-state index in [1.54, 1.807) is 11.8 Å². The second-order valence-electron chi connectivity index (χ2n) is 4.37. The summed E-state index contributed by atoms with van der Waals surface area (Å²) in [5.74, 6) is -0.536. The number of oxazole rings is 1. The van der Waals surface area contributed by atoms with Crippen molar-refractivity contribution in [1.82, 2.24) is 9.88 Å². The molecule has 1 aromatic heterocycles. The summed E-state index contributed by atoms with van der Waals surface area (Å²) in [7, 11) is 0. The summed E-state index contributed by atoms with van der Waals surface area (Å²) in [6, 6.07) is 0. The molecule has 1 fully saturated rings. The third kappa shape index (κ3) is 3.55. The summed E-state index contributed by atoms with van der Waals surface area (Å²) in [5, 5.41) is 0. The van der Waals surface area contributed by atoms with E-state index >= 15 is 0 Å². The van der Waals surface area contributed by atoms with Gasteiger partial charge < -0.3 is 24.5 Å². The van der Waals surface area contributed by atoms with Crippen LogP contribution < -0.4 is 5.73 Å². The molecule has 1 aromatic rings. The number of rotatable bonds is 5. The zero-order valence-electron chi connectivity index (χ0n) is 11.3. The lowest BCUT2D eigenvalue weighted by Crippen LogP contribution is -2.42. The minimum atomic E-state index is -0.675. The van der Waals surface area contributed by atoms with Crippen LogP contribution in [0, 0.1) is 6.92 Å². The van der Waals surface area contributed by atoms with E-state index < -0.39 is 5.91 Å². The second kappa shape index (κ2) is 6.49. The number of hydrogen-bond acceptors (Lipinski definition) is 6. The van der Waals surface area contributed by atoms with Gasteiger partial charge in [-0.25, -0.2) is 4.98 Å². The fourth-order valence-corrected chi connectivity index (χ4v) is 1.87. The van der Waals surface area contributed by atoms with Crippen LogP contribution in [0.2, 0.25) is 0 Å². The third-order valence-corrected chi connectivity index (χ3v) is 2.88. The lowest BCUT2D eigenvalue weighted by Gasteiger charge is -2.26. The van der Waals surface area contributed by atoms with E-state index in [2.05, 4.69) is 4.98 Å². The van der Waals surface area contributed by atoms with Gasteiger partial charge in [0.2, 0.25) is 17.6 Å². The van der Waals surface area contributed by atoms with E-state index in [-0.39, 0.29) is 30.8 Å². The van der Waals surface area contributed by atoms with Gasteiger partial charge in [0.1, 0.15) is 13.2 Å². The largest absolute Gasteiger partial charge is 0.433 e. The highest BCUT2D eigenvalue weighted by Crippen LogP contribution is 2.10. The van der Waals surface area contributed by atoms with Gasteiger partial charge >= 0.3 is 0 Å². The lowest BCUT2D eigenvalue weighted by molar-refractivity contribution is -0.140. The summed E-state index contributed by atoms with van der Waals surface area (Å²) in [5.41, 5.74) is 5.53. The van der Waals surface area contributed by atoms with Crippen molar-refractivity contribution in [3.8, 4) is 0 Å². The number of nitrogens with zero attached hydrogens (tertiary/aromatic N) is 2. The molecule has 0 bridgehead atoms. The standard InChI is InChI=1S/C12H17N3O5/c1-8-11(12(13)17)20-9(14-8)6-19-7-10(16)15-2-4-18-5-3-15/h2-7H2,1H3,(H2,13,17). The van der Waals surface area contributed by atoms with E-state index in [1.165, 1.54) is 0 Å². The third-order valence-electron chi connectivity index (χ3n) is 2.88. The smallest absolute Gasteiger partial charge is 0.286 e. The maximum absolute atomic E-state index is 11.8. The predicted molar refractivity (Wildman–Crippen MR) is 66.8 cm³/mol. The number of carbonyl (C=O) groups is 2. The fraction of sp³-hybridized carbons (Fsp3) is 0.583. The average Bonchev–Trinajstić information content (AvgIpc) is 2.81. The van der Waals surface area contributed by atoms with Gasteiger partial charge in [0.25, 0.3) is 5.91 Å². The number of primary amides is 1. The molecule has 1 saturated heterocycles. The van der Waals surface area contributed by atoms with Crippen LogP contribution in [0.1, 0.15) is 22.1 Å². The molecule has 0 unspecified atom stereocenters. The Morgan fingerprint density at radius 2 is 2.10 bits per heavy atom. The highest BCUT2D eigenvalue weighted by atomic mass is 16.5. The SMILES string of the molecule is Cc1nc(COCC(=O)N2CCOCC2)oc1C(N)=O. The van der Waals surface area contributed by atoms with Crippen molar-refractivity contribution in [3.05, 3.63) is 17.3 Å². The zero-order valence-corrected chi connectivity index (χ0v) is 11.3. The van der Waals surface area contributed by atoms with Crippen molar-refractivity contribution in [2.24, 2.45) is 5.73 Å². The van der Waals surface area contributed by atoms with Crippen molar-refractivity contribution in [2.45, 2.75) is 13.5 Å². The summed E-state index contributed by atoms with van der Waals surface area (Å²) >= 11 is 0. The van der Waals surface area contributed by atoms with E-state index in [0.29, 0.717) is 32.0 Å². The molecular weight excluding hydrogens is 266 g/mol. The van der Waals surface area contributed by atoms with Crippen molar-refractivity contribution in [1.29, 1.82) is 0 Å². The Morgan fingerprint density at radius 3 is 2.70 bits per heavy atom. The molecule has 110 valence electrons. The molecule has 0 radical (unpaired) electrons. The van der Waals surface area contributed by atoms with Gasteiger partial charge in [-0.1, -0.05) is 0 Å². The molecule has 1 aliphatic heterocycles. The number of aromatic nitrogens is 1. The zero-order chi connectivity index (χ0) is 14.5. The molecule has 2 amide bonds. The summed E-state index contributed by atoms with van der Waals surface area (Å²) in [6.07, 6.45) is 0. The van der Waals surface area contributed by atoms with E-state index in [1.807, 2.05) is 0 Å². The number of aryl methyl sites for hydroxylation is 1. The van der Waals surface area contributed by atoms with Crippen LogP contribution in [0.5, 0.6) is 0 Å². The number of carbonyl (C=O) groups excluding carboxylic acids is 2. The summed E-state index contributed by atoms with van der Waals surface area (Å²) in [4.78, 5) is 28.5. The van der Waals surface area contributed by atoms with Gasteiger partial charge in [-0.15, -0.1) is 0 Å². The molecule has 0 spiro atoms. The maximum atomic E-state index is 11.8. The van der Waals surface area contributed by atoms with Gasteiger partial charge in [-0.2, -0.15) is 0 Å². The molecule has 8 heteroatoms. The van der Waals surface area contributed by atoms with Gasteiger partial charge in [-0.3, -0.25) is 9.59 Å². The summed E-state index contributed by atoms with van der Waals surface area (Å²) < 4.78 is 15.5. The minimum Gasteiger partial charge on any atom is -0.433 e. The van der Waals surface area contributed by atoms with Crippen LogP contribution in [0.15, 0.2) is 4.42 Å². The molecule has 0 aliphatic carbocycles. The van der Waals surface area contributed by atoms with Gasteiger partial charge in [0.05, 0.1) is 18.9 Å². The van der Waals surface area contributed by atoms with Crippen LogP contribution in [0.3, 0.4) is 0 Å². The molecule has 0 atom stereocenters. The van der Waals surface area contributed by atoms with Crippen LogP contribution in [-0.2, 0) is 20.9 Å². The van der Waals surface area contributed by atoms with Crippen molar-refractivity contribution in [2.75, 3.05) is 32.9 Å².